The SMILES string of the molecule is NC(=O)CSc1nnc(-c2ccncc2)n1CCO. The molecule has 0 aliphatic heterocycles. The second-order valence-corrected chi connectivity index (χ2v) is 4.61. The summed E-state index contributed by atoms with van der Waals surface area (Å²) in [4.78, 5) is 14.7. The van der Waals surface area contributed by atoms with Crippen LogP contribution >= 0.6 is 11.8 Å². The number of rotatable bonds is 6. The van der Waals surface area contributed by atoms with Gasteiger partial charge < -0.3 is 10.8 Å². The molecule has 0 bridgehead atoms. The third-order valence-corrected chi connectivity index (χ3v) is 3.31. The van der Waals surface area contributed by atoms with Gasteiger partial charge in [0.1, 0.15) is 0 Å². The first-order chi connectivity index (χ1) is 9.22. The molecule has 0 spiro atoms. The maximum atomic E-state index is 10.8. The van der Waals surface area contributed by atoms with E-state index in [-0.39, 0.29) is 12.4 Å². The first kappa shape index (κ1) is 13.5. The van der Waals surface area contributed by atoms with Crippen LogP contribution in [0.2, 0.25) is 0 Å². The van der Waals surface area contributed by atoms with E-state index in [0.717, 1.165) is 5.56 Å². The van der Waals surface area contributed by atoms with Crippen molar-refractivity contribution in [2.45, 2.75) is 11.7 Å². The zero-order valence-electron chi connectivity index (χ0n) is 10.1. The van der Waals surface area contributed by atoms with E-state index >= 15 is 0 Å². The second-order valence-electron chi connectivity index (χ2n) is 3.67. The molecule has 7 nitrogen and oxygen atoms in total. The molecule has 0 unspecified atom stereocenters. The lowest BCUT2D eigenvalue weighted by molar-refractivity contribution is -0.115. The van der Waals surface area contributed by atoms with E-state index in [1.807, 2.05) is 0 Å². The predicted molar refractivity (Wildman–Crippen MR) is 70.3 cm³/mol. The second kappa shape index (κ2) is 6.30. The molecule has 8 heteroatoms. The van der Waals surface area contributed by atoms with E-state index in [4.69, 9.17) is 10.8 Å². The van der Waals surface area contributed by atoms with Crippen molar-refractivity contribution in [2.24, 2.45) is 5.73 Å². The molecule has 0 saturated carbocycles. The predicted octanol–water partition coefficient (Wildman–Crippen LogP) is -0.0902. The summed E-state index contributed by atoms with van der Waals surface area (Å²) in [6.45, 7) is 0.312. The number of hydrogen-bond donors (Lipinski definition) is 2. The van der Waals surface area contributed by atoms with Crippen LogP contribution in [0, 0.1) is 0 Å². The van der Waals surface area contributed by atoms with Crippen LogP contribution in [0.5, 0.6) is 0 Å². The fraction of sp³-hybridized carbons (Fsp3) is 0.273. The number of carbonyl (C=O) groups excluding carboxylic acids is 1. The summed E-state index contributed by atoms with van der Waals surface area (Å²) in [5.74, 6) is 0.331. The van der Waals surface area contributed by atoms with Crippen LogP contribution in [0.1, 0.15) is 0 Å². The van der Waals surface area contributed by atoms with Gasteiger partial charge >= 0.3 is 0 Å². The number of nitrogens with zero attached hydrogens (tertiary/aromatic N) is 4. The fourth-order valence-electron chi connectivity index (χ4n) is 1.55. The number of hydrogen-bond acceptors (Lipinski definition) is 6. The Balaban J connectivity index is 2.31. The van der Waals surface area contributed by atoms with Gasteiger partial charge in [-0.15, -0.1) is 10.2 Å². The number of amides is 1. The summed E-state index contributed by atoms with van der Waals surface area (Å²) >= 11 is 1.20. The molecule has 2 aromatic heterocycles. The van der Waals surface area contributed by atoms with E-state index in [9.17, 15) is 4.79 Å². The smallest absolute Gasteiger partial charge is 0.227 e. The van der Waals surface area contributed by atoms with E-state index in [0.29, 0.717) is 17.5 Å². The average Bonchev–Trinajstić information content (AvgIpc) is 2.81. The monoisotopic (exact) mass is 279 g/mol. The topological polar surface area (TPSA) is 107 Å². The highest BCUT2D eigenvalue weighted by Crippen LogP contribution is 2.23. The summed E-state index contributed by atoms with van der Waals surface area (Å²) in [6, 6.07) is 3.61. The molecule has 100 valence electrons. The molecule has 0 atom stereocenters. The standard InChI is InChI=1S/C11H13N5O2S/c12-9(18)7-19-11-15-14-10(16(11)5-6-17)8-1-3-13-4-2-8/h1-4,17H,5-7H2,(H2,12,18). The number of primary amides is 1. The Morgan fingerprint density at radius 3 is 2.74 bits per heavy atom. The molecular formula is C11H13N5O2S. The number of nitrogens with two attached hydrogens (primary N) is 1. The molecule has 2 heterocycles. The van der Waals surface area contributed by atoms with E-state index < -0.39 is 5.91 Å². The van der Waals surface area contributed by atoms with Gasteiger partial charge in [-0.05, 0) is 12.1 Å². The van der Waals surface area contributed by atoms with Gasteiger partial charge in [-0.25, -0.2) is 0 Å². The Morgan fingerprint density at radius 2 is 2.11 bits per heavy atom. The number of aliphatic hydroxyl groups is 1. The van der Waals surface area contributed by atoms with Gasteiger partial charge in [0.05, 0.1) is 12.4 Å². The maximum Gasteiger partial charge on any atom is 0.227 e. The van der Waals surface area contributed by atoms with Crippen LogP contribution in [0.15, 0.2) is 29.7 Å². The van der Waals surface area contributed by atoms with Gasteiger partial charge in [-0.3, -0.25) is 14.3 Å². The Hall–Kier alpha value is -1.93. The molecule has 1 amide bonds. The van der Waals surface area contributed by atoms with Gasteiger partial charge in [0.25, 0.3) is 0 Å². The normalized spacial score (nSPS) is 10.6. The van der Waals surface area contributed by atoms with Crippen molar-refractivity contribution >= 4 is 17.7 Å². The minimum atomic E-state index is -0.422. The van der Waals surface area contributed by atoms with Crippen molar-refractivity contribution in [3.63, 3.8) is 0 Å². The minimum Gasteiger partial charge on any atom is -0.395 e. The van der Waals surface area contributed by atoms with Crippen LogP contribution in [0.3, 0.4) is 0 Å². The number of carbonyl (C=O) groups is 1. The van der Waals surface area contributed by atoms with Crippen molar-refractivity contribution in [3.8, 4) is 11.4 Å². The first-order valence-corrected chi connectivity index (χ1v) is 6.56. The van der Waals surface area contributed by atoms with Gasteiger partial charge in [-0.2, -0.15) is 0 Å². The molecular weight excluding hydrogens is 266 g/mol. The minimum absolute atomic E-state index is 0.0414. The largest absolute Gasteiger partial charge is 0.395 e. The summed E-state index contributed by atoms with van der Waals surface area (Å²) in [7, 11) is 0. The number of pyridine rings is 1. The Morgan fingerprint density at radius 1 is 1.37 bits per heavy atom. The van der Waals surface area contributed by atoms with Gasteiger partial charge in [0.2, 0.25) is 5.91 Å². The lowest BCUT2D eigenvalue weighted by Crippen LogP contribution is -2.14. The van der Waals surface area contributed by atoms with Crippen LogP contribution in [-0.2, 0) is 11.3 Å². The maximum absolute atomic E-state index is 10.8. The highest BCUT2D eigenvalue weighted by atomic mass is 32.2. The number of thioether (sulfide) groups is 1. The average molecular weight is 279 g/mol. The van der Waals surface area contributed by atoms with Gasteiger partial charge in [-0.1, -0.05) is 11.8 Å². The van der Waals surface area contributed by atoms with E-state index in [1.54, 1.807) is 29.1 Å². The zero-order chi connectivity index (χ0) is 13.7. The molecule has 0 fully saturated rings. The quantitative estimate of drug-likeness (QED) is 0.716. The van der Waals surface area contributed by atoms with Crippen molar-refractivity contribution in [1.82, 2.24) is 19.7 Å². The molecule has 19 heavy (non-hydrogen) atoms. The molecule has 2 rings (SSSR count). The zero-order valence-corrected chi connectivity index (χ0v) is 10.9. The van der Waals surface area contributed by atoms with Gasteiger partial charge in [0, 0.05) is 24.5 Å². The third kappa shape index (κ3) is 3.30. The Kier molecular flexibility index (Phi) is 4.48. The highest BCUT2D eigenvalue weighted by molar-refractivity contribution is 7.99. The van der Waals surface area contributed by atoms with Crippen molar-refractivity contribution in [3.05, 3.63) is 24.5 Å². The molecule has 0 aliphatic carbocycles. The fourth-order valence-corrected chi connectivity index (χ4v) is 2.25. The third-order valence-electron chi connectivity index (χ3n) is 2.32. The molecule has 2 aromatic rings. The molecule has 0 saturated heterocycles. The van der Waals surface area contributed by atoms with E-state index in [1.165, 1.54) is 11.8 Å². The van der Waals surface area contributed by atoms with Gasteiger partial charge in [0.15, 0.2) is 11.0 Å². The highest BCUT2D eigenvalue weighted by Gasteiger charge is 2.14. The lowest BCUT2D eigenvalue weighted by atomic mass is 10.2. The molecule has 0 aliphatic rings. The summed E-state index contributed by atoms with van der Waals surface area (Å²) in [6.07, 6.45) is 3.31. The molecule has 3 N–H and O–H groups in total. The van der Waals surface area contributed by atoms with Crippen molar-refractivity contribution in [1.29, 1.82) is 0 Å². The number of aromatic nitrogens is 4. The Labute approximate surface area is 113 Å². The summed E-state index contributed by atoms with van der Waals surface area (Å²) in [5, 5.41) is 17.8. The van der Waals surface area contributed by atoms with Crippen LogP contribution in [0.4, 0.5) is 0 Å². The van der Waals surface area contributed by atoms with E-state index in [2.05, 4.69) is 15.2 Å². The van der Waals surface area contributed by atoms with Crippen LogP contribution in [0.25, 0.3) is 11.4 Å². The summed E-state index contributed by atoms with van der Waals surface area (Å²) < 4.78 is 1.75. The Bertz CT molecular complexity index is 557. The van der Waals surface area contributed by atoms with Crippen molar-refractivity contribution in [2.75, 3.05) is 12.4 Å². The van der Waals surface area contributed by atoms with Crippen LogP contribution < -0.4 is 5.73 Å². The van der Waals surface area contributed by atoms with Crippen LogP contribution in [-0.4, -0.2) is 43.1 Å². The lowest BCUT2D eigenvalue weighted by Gasteiger charge is -2.07. The van der Waals surface area contributed by atoms with Crippen molar-refractivity contribution < 1.29 is 9.90 Å². The molecule has 0 aromatic carbocycles. The summed E-state index contributed by atoms with van der Waals surface area (Å²) in [5.41, 5.74) is 5.96. The molecule has 0 radical (unpaired) electrons. The first-order valence-electron chi connectivity index (χ1n) is 5.58. The number of aliphatic hydroxyl groups excluding tert-OH is 1.